The molecule has 86 valence electrons. The number of rotatable bonds is 5. The predicted molar refractivity (Wildman–Crippen MR) is 58.1 cm³/mol. The SMILES string of the molecule is CCOC(=O)Cn1ccc(C(=O)C2CC2)c1. The van der Waals surface area contributed by atoms with Crippen molar-refractivity contribution < 1.29 is 14.3 Å². The smallest absolute Gasteiger partial charge is 0.325 e. The van der Waals surface area contributed by atoms with E-state index in [1.807, 2.05) is 0 Å². The number of nitrogens with zero attached hydrogens (tertiary/aromatic N) is 1. The van der Waals surface area contributed by atoms with Crippen LogP contribution in [0.5, 0.6) is 0 Å². The second kappa shape index (κ2) is 4.51. The first-order valence-electron chi connectivity index (χ1n) is 5.56. The molecule has 1 heterocycles. The second-order valence-corrected chi connectivity index (χ2v) is 4.02. The van der Waals surface area contributed by atoms with Crippen molar-refractivity contribution in [1.29, 1.82) is 0 Å². The fourth-order valence-corrected chi connectivity index (χ4v) is 1.62. The molecule has 0 saturated heterocycles. The Morgan fingerprint density at radius 3 is 2.88 bits per heavy atom. The van der Waals surface area contributed by atoms with Gasteiger partial charge in [0.25, 0.3) is 0 Å². The number of hydrogen-bond acceptors (Lipinski definition) is 3. The van der Waals surface area contributed by atoms with Crippen molar-refractivity contribution in [2.45, 2.75) is 26.3 Å². The topological polar surface area (TPSA) is 48.3 Å². The van der Waals surface area contributed by atoms with Gasteiger partial charge in [-0.2, -0.15) is 0 Å². The molecule has 1 aliphatic rings. The van der Waals surface area contributed by atoms with E-state index < -0.39 is 0 Å². The lowest BCUT2D eigenvalue weighted by Gasteiger charge is -2.02. The zero-order valence-electron chi connectivity index (χ0n) is 9.31. The van der Waals surface area contributed by atoms with Crippen LogP contribution in [-0.4, -0.2) is 22.9 Å². The van der Waals surface area contributed by atoms with Crippen molar-refractivity contribution in [1.82, 2.24) is 4.57 Å². The third-order valence-corrected chi connectivity index (χ3v) is 2.60. The Morgan fingerprint density at radius 1 is 1.50 bits per heavy atom. The highest BCUT2D eigenvalue weighted by molar-refractivity contribution is 5.99. The molecule has 1 aromatic heterocycles. The van der Waals surface area contributed by atoms with Gasteiger partial charge in [0.2, 0.25) is 0 Å². The van der Waals surface area contributed by atoms with E-state index in [9.17, 15) is 9.59 Å². The Morgan fingerprint density at radius 2 is 2.25 bits per heavy atom. The molecule has 0 bridgehead atoms. The lowest BCUT2D eigenvalue weighted by molar-refractivity contribution is -0.143. The first-order valence-corrected chi connectivity index (χ1v) is 5.56. The van der Waals surface area contributed by atoms with Crippen LogP contribution in [0.25, 0.3) is 0 Å². The zero-order valence-corrected chi connectivity index (χ0v) is 9.31. The van der Waals surface area contributed by atoms with Crippen LogP contribution >= 0.6 is 0 Å². The average Bonchev–Trinajstić information content (AvgIpc) is 2.99. The molecule has 1 saturated carbocycles. The maximum atomic E-state index is 11.7. The summed E-state index contributed by atoms with van der Waals surface area (Å²) in [5.74, 6) is 0.143. The van der Waals surface area contributed by atoms with Gasteiger partial charge in [0.15, 0.2) is 5.78 Å². The number of Topliss-reactive ketones (excluding diaryl/α,β-unsaturated/α-hetero) is 1. The summed E-state index contributed by atoms with van der Waals surface area (Å²) in [6.07, 6.45) is 5.47. The molecular weight excluding hydrogens is 206 g/mol. The van der Waals surface area contributed by atoms with E-state index in [1.54, 1.807) is 30.0 Å². The Bertz CT molecular complexity index is 404. The molecule has 0 amide bonds. The zero-order chi connectivity index (χ0) is 11.5. The molecule has 0 atom stereocenters. The van der Waals surface area contributed by atoms with Crippen molar-refractivity contribution in [3.05, 3.63) is 24.0 Å². The standard InChI is InChI=1S/C12H15NO3/c1-2-16-11(14)8-13-6-5-10(7-13)12(15)9-3-4-9/h5-7,9H,2-4,8H2,1H3. The quantitative estimate of drug-likeness (QED) is 0.561. The molecule has 0 aliphatic heterocycles. The van der Waals surface area contributed by atoms with Gasteiger partial charge in [-0.25, -0.2) is 0 Å². The summed E-state index contributed by atoms with van der Waals surface area (Å²) in [6, 6.07) is 1.76. The van der Waals surface area contributed by atoms with E-state index in [-0.39, 0.29) is 24.2 Å². The maximum Gasteiger partial charge on any atom is 0.325 e. The number of aromatic nitrogens is 1. The third kappa shape index (κ3) is 2.51. The molecule has 0 spiro atoms. The van der Waals surface area contributed by atoms with Crippen LogP contribution in [0.3, 0.4) is 0 Å². The lowest BCUT2D eigenvalue weighted by Crippen LogP contribution is -2.12. The van der Waals surface area contributed by atoms with Crippen molar-refractivity contribution in [3.63, 3.8) is 0 Å². The summed E-state index contributed by atoms with van der Waals surface area (Å²) in [7, 11) is 0. The van der Waals surface area contributed by atoms with E-state index >= 15 is 0 Å². The number of ether oxygens (including phenoxy) is 1. The van der Waals surface area contributed by atoms with Crippen LogP contribution in [0.1, 0.15) is 30.1 Å². The highest BCUT2D eigenvalue weighted by Gasteiger charge is 2.30. The van der Waals surface area contributed by atoms with Crippen LogP contribution < -0.4 is 0 Å². The molecule has 2 rings (SSSR count). The summed E-state index contributed by atoms with van der Waals surface area (Å²) in [5, 5.41) is 0. The molecule has 0 radical (unpaired) electrons. The summed E-state index contributed by atoms with van der Waals surface area (Å²) < 4.78 is 6.52. The second-order valence-electron chi connectivity index (χ2n) is 4.02. The summed E-state index contributed by atoms with van der Waals surface area (Å²) in [6.45, 7) is 2.33. The third-order valence-electron chi connectivity index (χ3n) is 2.60. The molecule has 1 aromatic rings. The summed E-state index contributed by atoms with van der Waals surface area (Å²) >= 11 is 0. The Hall–Kier alpha value is -1.58. The van der Waals surface area contributed by atoms with E-state index in [1.165, 1.54) is 0 Å². The van der Waals surface area contributed by atoms with E-state index in [0.29, 0.717) is 12.2 Å². The van der Waals surface area contributed by atoms with E-state index in [0.717, 1.165) is 12.8 Å². The van der Waals surface area contributed by atoms with Crippen LogP contribution in [0.4, 0.5) is 0 Å². The van der Waals surface area contributed by atoms with Crippen LogP contribution in [0.2, 0.25) is 0 Å². The van der Waals surface area contributed by atoms with Gasteiger partial charge in [0.05, 0.1) is 6.61 Å². The molecular formula is C12H15NO3. The van der Waals surface area contributed by atoms with Gasteiger partial charge in [-0.15, -0.1) is 0 Å². The Kier molecular flexibility index (Phi) is 3.08. The number of carbonyl (C=O) groups excluding carboxylic acids is 2. The lowest BCUT2D eigenvalue weighted by atomic mass is 10.1. The molecule has 0 aromatic carbocycles. The summed E-state index contributed by atoms with van der Waals surface area (Å²) in [5.41, 5.74) is 0.701. The Balaban J connectivity index is 1.96. The van der Waals surface area contributed by atoms with E-state index in [2.05, 4.69) is 0 Å². The van der Waals surface area contributed by atoms with Gasteiger partial charge in [0.1, 0.15) is 6.54 Å². The number of carbonyl (C=O) groups is 2. The van der Waals surface area contributed by atoms with Gasteiger partial charge in [-0.1, -0.05) is 0 Å². The van der Waals surface area contributed by atoms with E-state index in [4.69, 9.17) is 4.74 Å². The number of esters is 1. The van der Waals surface area contributed by atoms with Crippen molar-refractivity contribution in [2.75, 3.05) is 6.61 Å². The van der Waals surface area contributed by atoms with Crippen LogP contribution in [-0.2, 0) is 16.1 Å². The normalized spacial score (nSPS) is 14.8. The van der Waals surface area contributed by atoms with Crippen LogP contribution in [0.15, 0.2) is 18.5 Å². The molecule has 0 unspecified atom stereocenters. The van der Waals surface area contributed by atoms with Crippen LogP contribution in [0, 0.1) is 5.92 Å². The minimum atomic E-state index is -0.275. The van der Waals surface area contributed by atoms with Crippen molar-refractivity contribution in [2.24, 2.45) is 5.92 Å². The number of hydrogen-bond donors (Lipinski definition) is 0. The molecule has 16 heavy (non-hydrogen) atoms. The largest absolute Gasteiger partial charge is 0.465 e. The highest BCUT2D eigenvalue weighted by atomic mass is 16.5. The maximum absolute atomic E-state index is 11.7. The first-order chi connectivity index (χ1) is 7.70. The first kappa shape index (κ1) is 10.9. The summed E-state index contributed by atoms with van der Waals surface area (Å²) in [4.78, 5) is 22.9. The van der Waals surface area contributed by atoms with Crippen molar-refractivity contribution >= 4 is 11.8 Å². The minimum Gasteiger partial charge on any atom is -0.465 e. The highest BCUT2D eigenvalue weighted by Crippen LogP contribution is 2.32. The van der Waals surface area contributed by atoms with Gasteiger partial charge in [0, 0.05) is 23.9 Å². The fraction of sp³-hybridized carbons (Fsp3) is 0.500. The molecule has 4 nitrogen and oxygen atoms in total. The van der Waals surface area contributed by atoms with Crippen molar-refractivity contribution in [3.8, 4) is 0 Å². The van der Waals surface area contributed by atoms with Gasteiger partial charge in [-0.05, 0) is 25.8 Å². The number of ketones is 1. The van der Waals surface area contributed by atoms with Gasteiger partial charge < -0.3 is 9.30 Å². The fourth-order valence-electron chi connectivity index (χ4n) is 1.62. The monoisotopic (exact) mass is 221 g/mol. The average molecular weight is 221 g/mol. The molecule has 1 aliphatic carbocycles. The molecule has 0 N–H and O–H groups in total. The van der Waals surface area contributed by atoms with Gasteiger partial charge in [-0.3, -0.25) is 9.59 Å². The Labute approximate surface area is 94.2 Å². The predicted octanol–water partition coefficient (Wildman–Crippen LogP) is 1.64. The van der Waals surface area contributed by atoms with Gasteiger partial charge >= 0.3 is 5.97 Å². The molecule has 1 fully saturated rings. The molecule has 4 heteroatoms. The minimum absolute atomic E-state index is 0.172.